The van der Waals surface area contributed by atoms with Gasteiger partial charge in [-0.05, 0) is 18.2 Å². The van der Waals surface area contributed by atoms with Crippen LogP contribution in [0.5, 0.6) is 0 Å². The van der Waals surface area contributed by atoms with Crippen molar-refractivity contribution in [3.8, 4) is 0 Å². The molecule has 0 atom stereocenters. The van der Waals surface area contributed by atoms with Crippen LogP contribution in [-0.4, -0.2) is 22.3 Å². The molecule has 1 aromatic heterocycles. The first kappa shape index (κ1) is 9.58. The number of H-pyrrole nitrogens is 1. The van der Waals surface area contributed by atoms with E-state index in [4.69, 9.17) is 0 Å². The molecule has 0 amide bonds. The Morgan fingerprint density at radius 1 is 1.47 bits per heavy atom. The Morgan fingerprint density at radius 2 is 2.33 bits per heavy atom. The molecule has 15 heavy (non-hydrogen) atoms. The SMILES string of the molecule is O=CCCC(=O)c1ccc2[nH]ncc2c1. The first-order valence-electron chi connectivity index (χ1n) is 4.71. The molecule has 0 aliphatic heterocycles. The lowest BCUT2D eigenvalue weighted by molar-refractivity contribution is -0.107. The van der Waals surface area contributed by atoms with Gasteiger partial charge in [-0.2, -0.15) is 5.10 Å². The molecule has 4 nitrogen and oxygen atoms in total. The second-order valence-corrected chi connectivity index (χ2v) is 3.30. The molecule has 0 unspecified atom stereocenters. The molecule has 0 fully saturated rings. The Morgan fingerprint density at radius 3 is 3.13 bits per heavy atom. The molecule has 0 aliphatic carbocycles. The summed E-state index contributed by atoms with van der Waals surface area (Å²) in [5.41, 5.74) is 1.53. The number of fused-ring (bicyclic) bond motifs is 1. The van der Waals surface area contributed by atoms with Crippen LogP contribution in [0.15, 0.2) is 24.4 Å². The van der Waals surface area contributed by atoms with Gasteiger partial charge in [0, 0.05) is 23.8 Å². The van der Waals surface area contributed by atoms with Gasteiger partial charge in [-0.15, -0.1) is 0 Å². The maximum atomic E-state index is 11.6. The van der Waals surface area contributed by atoms with Crippen LogP contribution < -0.4 is 0 Å². The third-order valence-corrected chi connectivity index (χ3v) is 2.25. The van der Waals surface area contributed by atoms with Gasteiger partial charge in [-0.25, -0.2) is 0 Å². The van der Waals surface area contributed by atoms with Gasteiger partial charge in [0.2, 0.25) is 0 Å². The Hall–Kier alpha value is -1.97. The Kier molecular flexibility index (Phi) is 2.58. The largest absolute Gasteiger partial charge is 0.303 e. The minimum Gasteiger partial charge on any atom is -0.303 e. The van der Waals surface area contributed by atoms with E-state index >= 15 is 0 Å². The molecule has 0 aliphatic rings. The molecule has 0 saturated carbocycles. The maximum Gasteiger partial charge on any atom is 0.163 e. The lowest BCUT2D eigenvalue weighted by atomic mass is 10.1. The summed E-state index contributed by atoms with van der Waals surface area (Å²) in [7, 11) is 0. The predicted octanol–water partition coefficient (Wildman–Crippen LogP) is 1.72. The Bertz CT molecular complexity index is 502. The van der Waals surface area contributed by atoms with Crippen molar-refractivity contribution in [2.24, 2.45) is 0 Å². The number of benzene rings is 1. The number of aldehydes is 1. The van der Waals surface area contributed by atoms with Gasteiger partial charge in [0.15, 0.2) is 5.78 Å². The number of Topliss-reactive ketones (excluding diaryl/α,β-unsaturated/α-hetero) is 1. The van der Waals surface area contributed by atoms with Crippen molar-refractivity contribution in [2.75, 3.05) is 0 Å². The smallest absolute Gasteiger partial charge is 0.163 e. The molecule has 2 aromatic rings. The van der Waals surface area contributed by atoms with Crippen molar-refractivity contribution in [2.45, 2.75) is 12.8 Å². The number of aromatic nitrogens is 2. The highest BCUT2D eigenvalue weighted by molar-refractivity contribution is 5.99. The van der Waals surface area contributed by atoms with E-state index in [0.717, 1.165) is 17.2 Å². The van der Waals surface area contributed by atoms with Crippen LogP contribution in [0.3, 0.4) is 0 Å². The summed E-state index contributed by atoms with van der Waals surface area (Å²) in [4.78, 5) is 21.7. The fourth-order valence-corrected chi connectivity index (χ4v) is 1.45. The monoisotopic (exact) mass is 202 g/mol. The van der Waals surface area contributed by atoms with Gasteiger partial charge in [0.25, 0.3) is 0 Å². The van der Waals surface area contributed by atoms with Crippen LogP contribution in [-0.2, 0) is 4.79 Å². The highest BCUT2D eigenvalue weighted by Gasteiger charge is 2.06. The summed E-state index contributed by atoms with van der Waals surface area (Å²) in [5, 5.41) is 7.59. The standard InChI is InChI=1S/C11H10N2O2/c14-5-1-2-11(15)8-3-4-10-9(6-8)7-12-13-10/h3-7H,1-2H2,(H,12,13). The van der Waals surface area contributed by atoms with Crippen molar-refractivity contribution >= 4 is 23.0 Å². The van der Waals surface area contributed by atoms with E-state index < -0.39 is 0 Å². The molecule has 1 heterocycles. The zero-order valence-electron chi connectivity index (χ0n) is 8.06. The average Bonchev–Trinajstić information content (AvgIpc) is 2.72. The third kappa shape index (κ3) is 1.93. The van der Waals surface area contributed by atoms with E-state index in [0.29, 0.717) is 5.56 Å². The Balaban J connectivity index is 2.27. The highest BCUT2D eigenvalue weighted by Crippen LogP contribution is 2.14. The minimum atomic E-state index is -0.00907. The highest BCUT2D eigenvalue weighted by atomic mass is 16.1. The van der Waals surface area contributed by atoms with Gasteiger partial charge < -0.3 is 4.79 Å². The van der Waals surface area contributed by atoms with Crippen LogP contribution in [0.1, 0.15) is 23.2 Å². The van der Waals surface area contributed by atoms with Crippen molar-refractivity contribution in [1.29, 1.82) is 0 Å². The summed E-state index contributed by atoms with van der Waals surface area (Å²) in [6, 6.07) is 5.34. The lowest BCUT2D eigenvalue weighted by Crippen LogP contribution is -1.98. The van der Waals surface area contributed by atoms with E-state index in [2.05, 4.69) is 10.2 Å². The third-order valence-electron chi connectivity index (χ3n) is 2.25. The second-order valence-electron chi connectivity index (χ2n) is 3.30. The van der Waals surface area contributed by atoms with Crippen LogP contribution in [0.4, 0.5) is 0 Å². The topological polar surface area (TPSA) is 62.8 Å². The molecule has 1 N–H and O–H groups in total. The summed E-state index contributed by atoms with van der Waals surface area (Å²) in [6.07, 6.45) is 2.98. The van der Waals surface area contributed by atoms with Crippen LogP contribution >= 0.6 is 0 Å². The van der Waals surface area contributed by atoms with Crippen molar-refractivity contribution in [1.82, 2.24) is 10.2 Å². The van der Waals surface area contributed by atoms with Crippen LogP contribution in [0.25, 0.3) is 10.9 Å². The first-order valence-corrected chi connectivity index (χ1v) is 4.71. The van der Waals surface area contributed by atoms with Gasteiger partial charge in [0.05, 0.1) is 11.7 Å². The van der Waals surface area contributed by atoms with E-state index in [1.54, 1.807) is 18.3 Å². The molecule has 0 spiro atoms. The number of carbonyl (C=O) groups is 2. The lowest BCUT2D eigenvalue weighted by Gasteiger charge is -1.98. The number of aromatic amines is 1. The second kappa shape index (κ2) is 4.04. The summed E-state index contributed by atoms with van der Waals surface area (Å²) in [6.45, 7) is 0. The number of nitrogens with one attached hydrogen (secondary N) is 1. The number of nitrogens with zero attached hydrogens (tertiary/aromatic N) is 1. The molecule has 76 valence electrons. The van der Waals surface area contributed by atoms with Gasteiger partial charge in [0.1, 0.15) is 6.29 Å². The van der Waals surface area contributed by atoms with E-state index in [9.17, 15) is 9.59 Å². The molecule has 0 bridgehead atoms. The zero-order chi connectivity index (χ0) is 10.7. The quantitative estimate of drug-likeness (QED) is 0.606. The summed E-state index contributed by atoms with van der Waals surface area (Å²) < 4.78 is 0. The molecule has 4 heteroatoms. The minimum absolute atomic E-state index is 0.00907. The molecule has 1 aromatic carbocycles. The Labute approximate surface area is 86.3 Å². The normalized spacial score (nSPS) is 10.4. The summed E-state index contributed by atoms with van der Waals surface area (Å²) in [5.74, 6) is -0.00907. The van der Waals surface area contributed by atoms with Gasteiger partial charge in [-0.3, -0.25) is 9.89 Å². The van der Waals surface area contributed by atoms with Crippen LogP contribution in [0, 0.1) is 0 Å². The molecule has 0 radical (unpaired) electrons. The van der Waals surface area contributed by atoms with E-state index in [1.807, 2.05) is 6.07 Å². The van der Waals surface area contributed by atoms with Crippen molar-refractivity contribution < 1.29 is 9.59 Å². The van der Waals surface area contributed by atoms with Crippen LogP contribution in [0.2, 0.25) is 0 Å². The predicted molar refractivity (Wildman–Crippen MR) is 55.7 cm³/mol. The van der Waals surface area contributed by atoms with E-state index in [1.165, 1.54) is 0 Å². The number of ketones is 1. The number of rotatable bonds is 4. The number of hydrogen-bond acceptors (Lipinski definition) is 3. The molecular formula is C11H10N2O2. The van der Waals surface area contributed by atoms with Gasteiger partial charge in [-0.1, -0.05) is 0 Å². The number of hydrogen-bond donors (Lipinski definition) is 1. The summed E-state index contributed by atoms with van der Waals surface area (Å²) >= 11 is 0. The van der Waals surface area contributed by atoms with Crippen molar-refractivity contribution in [3.05, 3.63) is 30.0 Å². The molecular weight excluding hydrogens is 192 g/mol. The average molecular weight is 202 g/mol. The number of carbonyl (C=O) groups excluding carboxylic acids is 2. The zero-order valence-corrected chi connectivity index (χ0v) is 8.06. The maximum absolute atomic E-state index is 11.6. The fourth-order valence-electron chi connectivity index (χ4n) is 1.45. The van der Waals surface area contributed by atoms with Gasteiger partial charge >= 0.3 is 0 Å². The first-order chi connectivity index (χ1) is 7.31. The fraction of sp³-hybridized carbons (Fsp3) is 0.182. The van der Waals surface area contributed by atoms with Crippen molar-refractivity contribution in [3.63, 3.8) is 0 Å². The molecule has 0 saturated heterocycles. The van der Waals surface area contributed by atoms with E-state index in [-0.39, 0.29) is 18.6 Å². The molecule has 2 rings (SSSR count).